The third-order valence-electron chi connectivity index (χ3n) is 5.01. The molecule has 1 N–H and O–H groups in total. The Labute approximate surface area is 138 Å². The summed E-state index contributed by atoms with van der Waals surface area (Å²) in [4.78, 5) is 23.4. The highest BCUT2D eigenvalue weighted by Crippen LogP contribution is 2.19. The van der Waals surface area contributed by atoms with Crippen molar-refractivity contribution in [3.05, 3.63) is 18.1 Å². The van der Waals surface area contributed by atoms with Crippen molar-refractivity contribution < 1.29 is 4.79 Å². The van der Waals surface area contributed by atoms with Crippen LogP contribution in [0.2, 0.25) is 0 Å². The standard InChI is InChI=1S/C18H28N4O/c23-18(21-15-9-5-1-2-6-10-15)16-13-17(20-14-19-16)22-11-7-3-4-8-12-22/h13-15H,1-12H2,(H,21,23). The maximum atomic E-state index is 12.5. The van der Waals surface area contributed by atoms with Gasteiger partial charge in [-0.2, -0.15) is 0 Å². The number of anilines is 1. The third kappa shape index (κ3) is 4.66. The van der Waals surface area contributed by atoms with Crippen molar-refractivity contribution in [3.8, 4) is 0 Å². The number of carbonyl (C=O) groups is 1. The zero-order valence-electron chi connectivity index (χ0n) is 14.0. The number of hydrogen-bond acceptors (Lipinski definition) is 4. The lowest BCUT2D eigenvalue weighted by Gasteiger charge is -2.21. The van der Waals surface area contributed by atoms with Gasteiger partial charge in [0.05, 0.1) is 0 Å². The fraction of sp³-hybridized carbons (Fsp3) is 0.722. The van der Waals surface area contributed by atoms with E-state index in [0.717, 1.165) is 31.7 Å². The van der Waals surface area contributed by atoms with E-state index in [1.165, 1.54) is 57.7 Å². The minimum atomic E-state index is -0.0460. The van der Waals surface area contributed by atoms with Crippen molar-refractivity contribution in [1.82, 2.24) is 15.3 Å². The topological polar surface area (TPSA) is 58.1 Å². The van der Waals surface area contributed by atoms with E-state index in [4.69, 9.17) is 0 Å². The fourth-order valence-electron chi connectivity index (χ4n) is 3.63. The molecule has 0 atom stereocenters. The highest BCUT2D eigenvalue weighted by atomic mass is 16.1. The summed E-state index contributed by atoms with van der Waals surface area (Å²) in [5, 5.41) is 3.17. The highest BCUT2D eigenvalue weighted by Gasteiger charge is 2.18. The van der Waals surface area contributed by atoms with E-state index in [9.17, 15) is 4.79 Å². The number of amides is 1. The van der Waals surface area contributed by atoms with Crippen LogP contribution in [0.15, 0.2) is 12.4 Å². The van der Waals surface area contributed by atoms with Crippen molar-refractivity contribution in [1.29, 1.82) is 0 Å². The number of aromatic nitrogens is 2. The molecule has 3 rings (SSSR count). The Bertz CT molecular complexity index is 503. The van der Waals surface area contributed by atoms with Gasteiger partial charge in [-0.3, -0.25) is 4.79 Å². The number of nitrogens with zero attached hydrogens (tertiary/aromatic N) is 3. The Balaban J connectivity index is 1.64. The average molecular weight is 316 g/mol. The maximum absolute atomic E-state index is 12.5. The molecule has 1 amide bonds. The van der Waals surface area contributed by atoms with Crippen molar-refractivity contribution in [2.24, 2.45) is 0 Å². The second kappa shape index (κ2) is 8.27. The molecule has 126 valence electrons. The second-order valence-electron chi connectivity index (χ2n) is 6.82. The van der Waals surface area contributed by atoms with Gasteiger partial charge in [0.15, 0.2) is 0 Å². The molecule has 2 heterocycles. The normalized spacial score (nSPS) is 20.6. The van der Waals surface area contributed by atoms with Crippen molar-refractivity contribution >= 4 is 11.7 Å². The van der Waals surface area contributed by atoms with Crippen molar-refractivity contribution in [3.63, 3.8) is 0 Å². The van der Waals surface area contributed by atoms with Crippen LogP contribution in [0.5, 0.6) is 0 Å². The Morgan fingerprint density at radius 2 is 1.61 bits per heavy atom. The lowest BCUT2D eigenvalue weighted by molar-refractivity contribution is 0.0928. The quantitative estimate of drug-likeness (QED) is 0.869. The molecule has 1 aliphatic carbocycles. The number of nitrogens with one attached hydrogen (secondary N) is 1. The van der Waals surface area contributed by atoms with Gasteiger partial charge in [-0.1, -0.05) is 38.5 Å². The monoisotopic (exact) mass is 316 g/mol. The number of hydrogen-bond donors (Lipinski definition) is 1. The Morgan fingerprint density at radius 3 is 2.30 bits per heavy atom. The van der Waals surface area contributed by atoms with Crippen LogP contribution in [0.4, 0.5) is 5.82 Å². The van der Waals surface area contributed by atoms with Crippen LogP contribution in [-0.4, -0.2) is 35.0 Å². The van der Waals surface area contributed by atoms with E-state index in [0.29, 0.717) is 11.7 Å². The smallest absolute Gasteiger partial charge is 0.270 e. The van der Waals surface area contributed by atoms with Crippen molar-refractivity contribution in [2.45, 2.75) is 70.3 Å². The molecule has 1 aromatic rings. The Hall–Kier alpha value is -1.65. The summed E-state index contributed by atoms with van der Waals surface area (Å²) in [5.41, 5.74) is 0.503. The molecule has 1 saturated carbocycles. The SMILES string of the molecule is O=C(NC1CCCCCC1)c1cc(N2CCCCCC2)ncn1. The van der Waals surface area contributed by atoms with Gasteiger partial charge in [-0.25, -0.2) is 9.97 Å². The lowest BCUT2D eigenvalue weighted by atomic mass is 10.1. The lowest BCUT2D eigenvalue weighted by Crippen LogP contribution is -2.35. The molecule has 0 bridgehead atoms. The molecule has 5 heteroatoms. The van der Waals surface area contributed by atoms with Gasteiger partial charge in [-0.15, -0.1) is 0 Å². The van der Waals surface area contributed by atoms with Gasteiger partial charge < -0.3 is 10.2 Å². The first kappa shape index (κ1) is 16.2. The van der Waals surface area contributed by atoms with Crippen LogP contribution < -0.4 is 10.2 Å². The van der Waals surface area contributed by atoms with Gasteiger partial charge in [0.1, 0.15) is 17.8 Å². The van der Waals surface area contributed by atoms with E-state index in [1.807, 2.05) is 6.07 Å². The summed E-state index contributed by atoms with van der Waals surface area (Å²) < 4.78 is 0. The van der Waals surface area contributed by atoms with E-state index in [-0.39, 0.29) is 5.91 Å². The zero-order chi connectivity index (χ0) is 15.9. The maximum Gasteiger partial charge on any atom is 0.270 e. The summed E-state index contributed by atoms with van der Waals surface area (Å²) in [5.74, 6) is 0.850. The van der Waals surface area contributed by atoms with Crippen LogP contribution in [0.3, 0.4) is 0 Å². The summed E-state index contributed by atoms with van der Waals surface area (Å²) in [6.07, 6.45) is 13.7. The molecule has 1 aromatic heterocycles. The van der Waals surface area contributed by atoms with Crippen molar-refractivity contribution in [2.75, 3.05) is 18.0 Å². The second-order valence-corrected chi connectivity index (χ2v) is 6.82. The summed E-state index contributed by atoms with van der Waals surface area (Å²) in [6.45, 7) is 2.06. The summed E-state index contributed by atoms with van der Waals surface area (Å²) in [6, 6.07) is 2.17. The van der Waals surface area contributed by atoms with Gasteiger partial charge in [-0.05, 0) is 25.7 Å². The first-order valence-corrected chi connectivity index (χ1v) is 9.21. The number of rotatable bonds is 3. The van der Waals surface area contributed by atoms with Crippen LogP contribution in [0.25, 0.3) is 0 Å². The molecule has 1 aliphatic heterocycles. The van der Waals surface area contributed by atoms with Crippen LogP contribution in [0, 0.1) is 0 Å². The molecule has 23 heavy (non-hydrogen) atoms. The highest BCUT2D eigenvalue weighted by molar-refractivity contribution is 5.93. The molecular weight excluding hydrogens is 288 g/mol. The number of carbonyl (C=O) groups excluding carboxylic acids is 1. The molecule has 2 fully saturated rings. The summed E-state index contributed by atoms with van der Waals surface area (Å²) >= 11 is 0. The molecule has 5 nitrogen and oxygen atoms in total. The third-order valence-corrected chi connectivity index (χ3v) is 5.01. The Morgan fingerprint density at radius 1 is 0.957 bits per heavy atom. The minimum absolute atomic E-state index is 0.0460. The molecule has 0 spiro atoms. The molecule has 0 unspecified atom stereocenters. The largest absolute Gasteiger partial charge is 0.357 e. The summed E-state index contributed by atoms with van der Waals surface area (Å²) in [7, 11) is 0. The van der Waals surface area contributed by atoms with Gasteiger partial charge in [0.2, 0.25) is 0 Å². The van der Waals surface area contributed by atoms with Crippen LogP contribution in [0.1, 0.15) is 74.7 Å². The molecule has 0 radical (unpaired) electrons. The molecule has 0 aromatic carbocycles. The average Bonchev–Trinajstić information content (AvgIpc) is 3.00. The Kier molecular flexibility index (Phi) is 5.83. The van der Waals surface area contributed by atoms with Gasteiger partial charge >= 0.3 is 0 Å². The van der Waals surface area contributed by atoms with E-state index in [1.54, 1.807) is 0 Å². The van der Waals surface area contributed by atoms with Gasteiger partial charge in [0, 0.05) is 25.2 Å². The first-order valence-electron chi connectivity index (χ1n) is 9.21. The van der Waals surface area contributed by atoms with E-state index >= 15 is 0 Å². The minimum Gasteiger partial charge on any atom is -0.357 e. The molecular formula is C18H28N4O. The predicted octanol–water partition coefficient (Wildman–Crippen LogP) is 3.31. The molecule has 2 aliphatic rings. The zero-order valence-corrected chi connectivity index (χ0v) is 14.0. The van der Waals surface area contributed by atoms with Gasteiger partial charge in [0.25, 0.3) is 5.91 Å². The predicted molar refractivity (Wildman–Crippen MR) is 91.7 cm³/mol. The fourth-order valence-corrected chi connectivity index (χ4v) is 3.63. The molecule has 1 saturated heterocycles. The van der Waals surface area contributed by atoms with Crippen LogP contribution in [-0.2, 0) is 0 Å². The van der Waals surface area contributed by atoms with Crippen LogP contribution >= 0.6 is 0 Å². The van der Waals surface area contributed by atoms with E-state index < -0.39 is 0 Å². The first-order chi connectivity index (χ1) is 11.3. The van der Waals surface area contributed by atoms with E-state index in [2.05, 4.69) is 20.2 Å².